The highest BCUT2D eigenvalue weighted by molar-refractivity contribution is 9.10. The third-order valence-electron chi connectivity index (χ3n) is 2.11. The minimum atomic E-state index is -2.58. The van der Waals surface area contributed by atoms with Crippen molar-refractivity contribution in [1.82, 2.24) is 9.78 Å². The normalized spacial score (nSPS) is 11.5. The van der Waals surface area contributed by atoms with Gasteiger partial charge < -0.3 is 0 Å². The average molecular weight is 261 g/mol. The molecule has 0 radical (unpaired) electrons. The number of hydrogen-bond donors (Lipinski definition) is 0. The fourth-order valence-electron chi connectivity index (χ4n) is 1.32. The fourth-order valence-corrected chi connectivity index (χ4v) is 1.67. The first-order valence-electron chi connectivity index (χ1n) is 4.01. The molecular formula is C9H7BrF2N2. The highest BCUT2D eigenvalue weighted by atomic mass is 79.9. The predicted octanol–water partition coefficient (Wildman–Crippen LogP) is 3.50. The smallest absolute Gasteiger partial charge is 0.210 e. The van der Waals surface area contributed by atoms with Gasteiger partial charge in [0.25, 0.3) is 0 Å². The van der Waals surface area contributed by atoms with Crippen molar-refractivity contribution in [2.45, 2.75) is 13.5 Å². The molecular weight excluding hydrogens is 254 g/mol. The number of benzene rings is 1. The van der Waals surface area contributed by atoms with Gasteiger partial charge in [-0.25, -0.2) is 4.68 Å². The molecule has 74 valence electrons. The number of hydrogen-bond acceptors (Lipinski definition) is 1. The fraction of sp³-hybridized carbons (Fsp3) is 0.222. The maximum absolute atomic E-state index is 12.3. The summed E-state index contributed by atoms with van der Waals surface area (Å²) in [6, 6.07) is 3.52. The summed E-state index contributed by atoms with van der Waals surface area (Å²) in [7, 11) is 0. The first-order chi connectivity index (χ1) is 6.59. The first-order valence-corrected chi connectivity index (χ1v) is 4.81. The zero-order valence-electron chi connectivity index (χ0n) is 7.34. The second-order valence-electron chi connectivity index (χ2n) is 2.99. The molecule has 2 aromatic rings. The van der Waals surface area contributed by atoms with Gasteiger partial charge in [-0.2, -0.15) is 13.9 Å². The summed E-state index contributed by atoms with van der Waals surface area (Å²) in [4.78, 5) is 0. The molecule has 0 spiro atoms. The van der Waals surface area contributed by atoms with Crippen molar-refractivity contribution in [2.75, 3.05) is 0 Å². The van der Waals surface area contributed by atoms with Gasteiger partial charge in [-0.1, -0.05) is 15.9 Å². The number of aryl methyl sites for hydroxylation is 1. The lowest BCUT2D eigenvalue weighted by Crippen LogP contribution is -1.96. The summed E-state index contributed by atoms with van der Waals surface area (Å²) in [5, 5.41) is 4.51. The third-order valence-corrected chi connectivity index (χ3v) is 2.97. The predicted molar refractivity (Wildman–Crippen MR) is 53.4 cm³/mol. The molecule has 0 fully saturated rings. The van der Waals surface area contributed by atoms with Crippen LogP contribution in [0.4, 0.5) is 8.78 Å². The van der Waals surface area contributed by atoms with Crippen LogP contribution in [0, 0.1) is 6.92 Å². The summed E-state index contributed by atoms with van der Waals surface area (Å²) >= 11 is 3.34. The molecule has 0 unspecified atom stereocenters. The van der Waals surface area contributed by atoms with E-state index in [1.807, 2.05) is 6.92 Å². The van der Waals surface area contributed by atoms with Gasteiger partial charge in [0.2, 0.25) is 0 Å². The average Bonchev–Trinajstić information content (AvgIpc) is 2.56. The maximum atomic E-state index is 12.3. The van der Waals surface area contributed by atoms with Crippen LogP contribution in [-0.4, -0.2) is 9.78 Å². The number of nitrogens with zero attached hydrogens (tertiary/aromatic N) is 2. The van der Waals surface area contributed by atoms with E-state index in [2.05, 4.69) is 21.0 Å². The number of halogens is 3. The van der Waals surface area contributed by atoms with Crippen LogP contribution >= 0.6 is 15.9 Å². The van der Waals surface area contributed by atoms with Gasteiger partial charge in [0, 0.05) is 16.1 Å². The maximum Gasteiger partial charge on any atom is 0.333 e. The van der Waals surface area contributed by atoms with E-state index in [-0.39, 0.29) is 0 Å². The minimum absolute atomic E-state index is 0.589. The van der Waals surface area contributed by atoms with E-state index in [0.717, 1.165) is 15.4 Å². The zero-order chi connectivity index (χ0) is 10.3. The van der Waals surface area contributed by atoms with Gasteiger partial charge in [0.1, 0.15) is 0 Å². The second kappa shape index (κ2) is 3.31. The highest BCUT2D eigenvalue weighted by Crippen LogP contribution is 2.26. The number of rotatable bonds is 1. The molecule has 0 bridgehead atoms. The topological polar surface area (TPSA) is 17.8 Å². The summed E-state index contributed by atoms with van der Waals surface area (Å²) in [6.07, 6.45) is 1.36. The number of aromatic nitrogens is 2. The molecule has 0 aliphatic heterocycles. The van der Waals surface area contributed by atoms with Crippen LogP contribution < -0.4 is 0 Å². The van der Waals surface area contributed by atoms with Crippen molar-refractivity contribution in [2.24, 2.45) is 0 Å². The largest absolute Gasteiger partial charge is 0.333 e. The summed E-state index contributed by atoms with van der Waals surface area (Å²) in [6.45, 7) is -0.718. The Hall–Kier alpha value is -0.970. The lowest BCUT2D eigenvalue weighted by molar-refractivity contribution is 0.0574. The quantitative estimate of drug-likeness (QED) is 0.768. The van der Waals surface area contributed by atoms with Crippen molar-refractivity contribution in [3.8, 4) is 0 Å². The van der Waals surface area contributed by atoms with E-state index in [4.69, 9.17) is 0 Å². The molecule has 0 N–H and O–H groups in total. The van der Waals surface area contributed by atoms with E-state index in [9.17, 15) is 8.78 Å². The minimum Gasteiger partial charge on any atom is -0.210 e. The van der Waals surface area contributed by atoms with Gasteiger partial charge >= 0.3 is 6.55 Å². The Morgan fingerprint density at radius 1 is 1.43 bits per heavy atom. The summed E-state index contributed by atoms with van der Waals surface area (Å²) in [5.41, 5.74) is 1.51. The van der Waals surface area contributed by atoms with Gasteiger partial charge in [-0.3, -0.25) is 0 Å². The van der Waals surface area contributed by atoms with Crippen molar-refractivity contribution in [3.63, 3.8) is 0 Å². The standard InChI is InChI=1S/C9H7BrF2N2/c1-5-6-4-14(9(11)12)13-8(6)3-2-7(5)10/h2-4,9H,1H3. The molecule has 2 nitrogen and oxygen atoms in total. The van der Waals surface area contributed by atoms with E-state index in [0.29, 0.717) is 10.2 Å². The Morgan fingerprint density at radius 2 is 2.14 bits per heavy atom. The second-order valence-corrected chi connectivity index (χ2v) is 3.85. The Kier molecular flexibility index (Phi) is 2.26. The van der Waals surface area contributed by atoms with E-state index in [1.54, 1.807) is 12.1 Å². The SMILES string of the molecule is Cc1c(Br)ccc2nn(C(F)F)cc12. The molecule has 1 aromatic heterocycles. The Morgan fingerprint density at radius 3 is 2.79 bits per heavy atom. The Labute approximate surface area is 87.6 Å². The summed E-state index contributed by atoms with van der Waals surface area (Å²) in [5.74, 6) is 0. The monoisotopic (exact) mass is 260 g/mol. The van der Waals surface area contributed by atoms with Crippen LogP contribution in [0.1, 0.15) is 12.1 Å². The molecule has 1 heterocycles. The molecule has 14 heavy (non-hydrogen) atoms. The van der Waals surface area contributed by atoms with Crippen LogP contribution in [0.15, 0.2) is 22.8 Å². The van der Waals surface area contributed by atoms with Crippen molar-refractivity contribution < 1.29 is 8.78 Å². The van der Waals surface area contributed by atoms with Crippen molar-refractivity contribution in [1.29, 1.82) is 0 Å². The summed E-state index contributed by atoms with van der Waals surface area (Å²) < 4.78 is 26.2. The molecule has 2 rings (SSSR count). The van der Waals surface area contributed by atoms with Gasteiger partial charge in [0.05, 0.1) is 5.52 Å². The molecule has 0 amide bonds. The Bertz CT molecular complexity index is 479. The molecule has 0 aliphatic carbocycles. The third kappa shape index (κ3) is 1.41. The molecule has 5 heteroatoms. The van der Waals surface area contributed by atoms with Crippen molar-refractivity contribution >= 4 is 26.8 Å². The van der Waals surface area contributed by atoms with Gasteiger partial charge in [0.15, 0.2) is 0 Å². The highest BCUT2D eigenvalue weighted by Gasteiger charge is 2.10. The van der Waals surface area contributed by atoms with Gasteiger partial charge in [-0.15, -0.1) is 0 Å². The van der Waals surface area contributed by atoms with E-state index < -0.39 is 6.55 Å². The van der Waals surface area contributed by atoms with Crippen LogP contribution in [0.3, 0.4) is 0 Å². The number of alkyl halides is 2. The van der Waals surface area contributed by atoms with Crippen LogP contribution in [-0.2, 0) is 0 Å². The van der Waals surface area contributed by atoms with Crippen LogP contribution in [0.2, 0.25) is 0 Å². The molecule has 1 aromatic carbocycles. The Balaban J connectivity index is 2.71. The van der Waals surface area contributed by atoms with E-state index in [1.165, 1.54) is 6.20 Å². The lowest BCUT2D eigenvalue weighted by Gasteiger charge is -1.96. The molecule has 0 aliphatic rings. The van der Waals surface area contributed by atoms with Crippen molar-refractivity contribution in [3.05, 3.63) is 28.4 Å². The van der Waals surface area contributed by atoms with E-state index >= 15 is 0 Å². The zero-order valence-corrected chi connectivity index (χ0v) is 8.92. The molecule has 0 saturated heterocycles. The van der Waals surface area contributed by atoms with Crippen LogP contribution in [0.5, 0.6) is 0 Å². The molecule has 0 saturated carbocycles. The van der Waals surface area contributed by atoms with Gasteiger partial charge in [-0.05, 0) is 24.6 Å². The first kappa shape index (κ1) is 9.58. The lowest BCUT2D eigenvalue weighted by atomic mass is 10.1. The molecule has 0 atom stereocenters. The van der Waals surface area contributed by atoms with Crippen LogP contribution in [0.25, 0.3) is 10.9 Å². The number of fused-ring (bicyclic) bond motifs is 1.